The van der Waals surface area contributed by atoms with E-state index >= 15 is 0 Å². The first-order chi connectivity index (χ1) is 18.1. The number of fused-ring (bicyclic) bond motifs is 1. The third kappa shape index (κ3) is 7.18. The van der Waals surface area contributed by atoms with E-state index in [1.807, 2.05) is 67.6 Å². The van der Waals surface area contributed by atoms with Crippen molar-refractivity contribution in [3.8, 4) is 11.5 Å². The molecular weight excluding hydrogens is 509 g/mol. The summed E-state index contributed by atoms with van der Waals surface area (Å²) in [7, 11) is 0. The van der Waals surface area contributed by atoms with Crippen LogP contribution in [0.5, 0.6) is 11.5 Å². The number of halogens is 2. The predicted molar refractivity (Wildman–Crippen MR) is 151 cm³/mol. The summed E-state index contributed by atoms with van der Waals surface area (Å²) in [6, 6.07) is 21.6. The van der Waals surface area contributed by atoms with E-state index in [1.54, 1.807) is 6.21 Å². The van der Waals surface area contributed by atoms with Crippen LogP contribution in [0.1, 0.15) is 28.2 Å². The van der Waals surface area contributed by atoms with Crippen molar-refractivity contribution in [3.05, 3.63) is 89.0 Å². The number of hydrazone groups is 1. The van der Waals surface area contributed by atoms with Gasteiger partial charge in [-0.25, -0.2) is 5.43 Å². The number of amides is 1. The van der Waals surface area contributed by atoms with E-state index in [0.29, 0.717) is 37.1 Å². The first-order valence-electron chi connectivity index (χ1n) is 12.3. The van der Waals surface area contributed by atoms with Crippen molar-refractivity contribution in [2.75, 3.05) is 43.0 Å². The molecule has 0 saturated carbocycles. The van der Waals surface area contributed by atoms with Crippen LogP contribution in [0.2, 0.25) is 0 Å². The van der Waals surface area contributed by atoms with Gasteiger partial charge in [-0.05, 0) is 59.9 Å². The fourth-order valence-electron chi connectivity index (χ4n) is 4.32. The highest BCUT2D eigenvalue weighted by atomic mass is 35.5. The second-order valence-corrected chi connectivity index (χ2v) is 9.54. The molecule has 3 aromatic rings. The maximum atomic E-state index is 13.3. The Balaban J connectivity index is 1.47. The number of ether oxygens (including phenoxy) is 2. The predicted octanol–water partition coefficient (Wildman–Crippen LogP) is 5.53. The fourth-order valence-corrected chi connectivity index (χ4v) is 4.72. The number of aryl methyl sites for hydroxylation is 1. The Morgan fingerprint density at radius 1 is 1.00 bits per heavy atom. The average Bonchev–Trinajstić information content (AvgIpc) is 2.92. The van der Waals surface area contributed by atoms with Gasteiger partial charge < -0.3 is 14.4 Å². The van der Waals surface area contributed by atoms with E-state index < -0.39 is 5.92 Å². The summed E-state index contributed by atoms with van der Waals surface area (Å²) in [5, 5.41) is 4.28. The third-order valence-corrected chi connectivity index (χ3v) is 6.61. The van der Waals surface area contributed by atoms with E-state index in [0.717, 1.165) is 46.8 Å². The van der Waals surface area contributed by atoms with E-state index in [-0.39, 0.29) is 5.91 Å². The Morgan fingerprint density at radius 2 is 1.73 bits per heavy atom. The molecule has 0 radical (unpaired) electrons. The first kappa shape index (κ1) is 26.8. The fraction of sp³-hybridized carbons (Fsp3) is 0.310. The molecule has 6 nitrogen and oxygen atoms in total. The zero-order valence-electron chi connectivity index (χ0n) is 20.8. The molecule has 37 heavy (non-hydrogen) atoms. The van der Waals surface area contributed by atoms with Gasteiger partial charge in [0.05, 0.1) is 12.1 Å². The molecule has 1 aliphatic heterocycles. The Labute approximate surface area is 228 Å². The van der Waals surface area contributed by atoms with Gasteiger partial charge in [-0.2, -0.15) is 5.10 Å². The zero-order chi connectivity index (χ0) is 26.0. The standard InChI is InChI=1S/C29H31Cl2N3O3/c1-21-17-25(34(13-11-30)14-12-31)9-8-24(21)20-32-33-29(35)26(23-5-3-2-4-6-23)18-22-7-10-27-28(19-22)37-16-15-36-27/h2-10,17,19-20,26H,11-16,18H2,1H3,(H,33,35). The van der Waals surface area contributed by atoms with Crippen molar-refractivity contribution < 1.29 is 14.3 Å². The van der Waals surface area contributed by atoms with Gasteiger partial charge in [0.2, 0.25) is 5.91 Å². The lowest BCUT2D eigenvalue weighted by Gasteiger charge is -2.23. The lowest BCUT2D eigenvalue weighted by molar-refractivity contribution is -0.122. The van der Waals surface area contributed by atoms with Gasteiger partial charge in [0.25, 0.3) is 0 Å². The first-order valence-corrected chi connectivity index (χ1v) is 13.4. The molecule has 0 aromatic heterocycles. The number of alkyl halides is 2. The Hall–Kier alpha value is -3.22. The van der Waals surface area contributed by atoms with Crippen molar-refractivity contribution in [1.29, 1.82) is 0 Å². The number of carbonyl (C=O) groups excluding carboxylic acids is 1. The normalized spacial score (nSPS) is 13.4. The van der Waals surface area contributed by atoms with Crippen LogP contribution in [0.3, 0.4) is 0 Å². The molecule has 0 bridgehead atoms. The van der Waals surface area contributed by atoms with Gasteiger partial charge >= 0.3 is 0 Å². The van der Waals surface area contributed by atoms with Crippen molar-refractivity contribution in [2.24, 2.45) is 5.10 Å². The largest absolute Gasteiger partial charge is 0.486 e. The molecule has 0 spiro atoms. The van der Waals surface area contributed by atoms with Crippen molar-refractivity contribution in [3.63, 3.8) is 0 Å². The highest BCUT2D eigenvalue weighted by molar-refractivity contribution is 6.18. The van der Waals surface area contributed by atoms with Gasteiger partial charge in [0.15, 0.2) is 11.5 Å². The molecule has 4 rings (SSSR count). The Bertz CT molecular complexity index is 1210. The molecule has 3 aromatic carbocycles. The van der Waals surface area contributed by atoms with Crippen molar-refractivity contribution in [1.82, 2.24) is 5.43 Å². The zero-order valence-corrected chi connectivity index (χ0v) is 22.3. The van der Waals surface area contributed by atoms with Gasteiger partial charge in [-0.15, -0.1) is 23.2 Å². The number of carbonyl (C=O) groups is 1. The summed E-state index contributed by atoms with van der Waals surface area (Å²) in [6.07, 6.45) is 2.18. The van der Waals surface area contributed by atoms with Crippen molar-refractivity contribution in [2.45, 2.75) is 19.3 Å². The maximum Gasteiger partial charge on any atom is 0.247 e. The minimum absolute atomic E-state index is 0.179. The molecule has 1 atom stereocenters. The monoisotopic (exact) mass is 539 g/mol. The number of anilines is 1. The van der Waals surface area contributed by atoms with Crippen LogP contribution in [-0.2, 0) is 11.2 Å². The van der Waals surface area contributed by atoms with Crippen LogP contribution in [0.15, 0.2) is 71.8 Å². The molecular formula is C29H31Cl2N3O3. The molecule has 0 aliphatic carbocycles. The molecule has 0 fully saturated rings. The molecule has 1 unspecified atom stereocenters. The number of hydrogen-bond acceptors (Lipinski definition) is 5. The topological polar surface area (TPSA) is 63.2 Å². The Kier molecular flexibility index (Phi) is 9.69. The summed E-state index contributed by atoms with van der Waals surface area (Å²) >= 11 is 11.9. The van der Waals surface area contributed by atoms with Gasteiger partial charge in [-0.3, -0.25) is 4.79 Å². The Morgan fingerprint density at radius 3 is 2.43 bits per heavy atom. The van der Waals surface area contributed by atoms with E-state index in [9.17, 15) is 4.79 Å². The lowest BCUT2D eigenvalue weighted by Crippen LogP contribution is -2.27. The molecule has 0 saturated heterocycles. The van der Waals surface area contributed by atoms with Crippen LogP contribution < -0.4 is 19.8 Å². The smallest absolute Gasteiger partial charge is 0.247 e. The van der Waals surface area contributed by atoms with Crippen LogP contribution in [0, 0.1) is 6.92 Å². The van der Waals surface area contributed by atoms with Crippen LogP contribution in [0.4, 0.5) is 5.69 Å². The summed E-state index contributed by atoms with van der Waals surface area (Å²) in [5.41, 5.74) is 7.68. The number of nitrogens with one attached hydrogen (secondary N) is 1. The van der Waals surface area contributed by atoms with Crippen LogP contribution in [0.25, 0.3) is 0 Å². The summed E-state index contributed by atoms with van der Waals surface area (Å²) in [5.74, 6) is 1.91. The lowest BCUT2D eigenvalue weighted by atomic mass is 9.91. The highest BCUT2D eigenvalue weighted by Crippen LogP contribution is 2.32. The number of benzene rings is 3. The summed E-state index contributed by atoms with van der Waals surface area (Å²) < 4.78 is 11.3. The van der Waals surface area contributed by atoms with Gasteiger partial charge in [-0.1, -0.05) is 42.5 Å². The molecule has 1 aliphatic rings. The molecule has 8 heteroatoms. The van der Waals surface area contributed by atoms with Crippen molar-refractivity contribution >= 4 is 41.0 Å². The maximum absolute atomic E-state index is 13.3. The van der Waals surface area contributed by atoms with Gasteiger partial charge in [0, 0.05) is 30.5 Å². The number of rotatable bonds is 11. The number of hydrogen-bond donors (Lipinski definition) is 1. The number of nitrogens with zero attached hydrogens (tertiary/aromatic N) is 2. The molecule has 1 heterocycles. The van der Waals surface area contributed by atoms with Gasteiger partial charge in [0.1, 0.15) is 13.2 Å². The SMILES string of the molecule is Cc1cc(N(CCCl)CCCl)ccc1C=NNC(=O)C(Cc1ccc2c(c1)OCCO2)c1ccccc1. The summed E-state index contributed by atoms with van der Waals surface area (Å²) in [4.78, 5) is 15.4. The average molecular weight is 540 g/mol. The second kappa shape index (κ2) is 13.4. The minimum Gasteiger partial charge on any atom is -0.486 e. The highest BCUT2D eigenvalue weighted by Gasteiger charge is 2.22. The quantitative estimate of drug-likeness (QED) is 0.198. The van der Waals surface area contributed by atoms with E-state index in [1.165, 1.54) is 0 Å². The molecule has 1 amide bonds. The van der Waals surface area contributed by atoms with Crippen LogP contribution >= 0.6 is 23.2 Å². The van der Waals surface area contributed by atoms with E-state index in [4.69, 9.17) is 32.7 Å². The second-order valence-electron chi connectivity index (χ2n) is 8.79. The minimum atomic E-state index is -0.413. The van der Waals surface area contributed by atoms with Crippen LogP contribution in [-0.4, -0.2) is 50.2 Å². The molecule has 1 N–H and O–H groups in total. The van der Waals surface area contributed by atoms with E-state index in [2.05, 4.69) is 21.5 Å². The molecule has 194 valence electrons. The third-order valence-electron chi connectivity index (χ3n) is 6.27. The summed E-state index contributed by atoms with van der Waals surface area (Å²) in [6.45, 7) is 4.52.